The quantitative estimate of drug-likeness (QED) is 0.484. The zero-order valence-electron chi connectivity index (χ0n) is 8.51. The summed E-state index contributed by atoms with van der Waals surface area (Å²) >= 11 is 9.99. The lowest BCUT2D eigenvalue weighted by Crippen LogP contribution is -2.18. The Hall–Kier alpha value is -0.770. The minimum absolute atomic E-state index is 0.302. The van der Waals surface area contributed by atoms with Gasteiger partial charge in [-0.25, -0.2) is 0 Å². The third-order valence-electron chi connectivity index (χ3n) is 2.16. The van der Waals surface area contributed by atoms with Gasteiger partial charge in [-0.2, -0.15) is 4.99 Å². The first kappa shape index (κ1) is 13.3. The fraction of sp³-hybridized carbons (Fsp3) is 0.364. The van der Waals surface area contributed by atoms with Crippen molar-refractivity contribution in [3.8, 4) is 0 Å². The van der Waals surface area contributed by atoms with Crippen LogP contribution in [0.15, 0.2) is 29.3 Å². The molecule has 1 aromatic rings. The van der Waals surface area contributed by atoms with Gasteiger partial charge < -0.3 is 10.2 Å². The maximum Gasteiger partial charge on any atom is 0.105 e. The number of nitrogens with zero attached hydrogens (tertiary/aromatic N) is 1. The summed E-state index contributed by atoms with van der Waals surface area (Å²) in [7, 11) is 0. The molecule has 0 aliphatic heterocycles. The molecule has 2 unspecified atom stereocenters. The van der Waals surface area contributed by atoms with E-state index in [9.17, 15) is 10.2 Å². The van der Waals surface area contributed by atoms with Crippen LogP contribution in [0.25, 0.3) is 0 Å². The molecule has 0 saturated heterocycles. The summed E-state index contributed by atoms with van der Waals surface area (Å²) in [5.41, 5.74) is 1.19. The maximum atomic E-state index is 9.82. The first-order valence-corrected chi connectivity index (χ1v) is 5.73. The van der Waals surface area contributed by atoms with Gasteiger partial charge in [0.05, 0.1) is 17.0 Å². The number of aliphatic imine (C=N–C) groups is 1. The second-order valence-corrected chi connectivity index (χ2v) is 3.85. The fourth-order valence-electron chi connectivity index (χ4n) is 1.32. The number of hydrogen-bond donors (Lipinski definition) is 2. The highest BCUT2D eigenvalue weighted by Crippen LogP contribution is 2.23. The monoisotopic (exact) mass is 257 g/mol. The molecule has 1 rings (SSSR count). The molecule has 0 radical (unpaired) electrons. The van der Waals surface area contributed by atoms with Crippen LogP contribution in [0.4, 0.5) is 5.69 Å². The number of hydrogen-bond acceptors (Lipinski definition) is 4. The first-order chi connectivity index (χ1) is 7.69. The molecule has 3 nitrogen and oxygen atoms in total. The summed E-state index contributed by atoms with van der Waals surface area (Å²) in [5.74, 6) is 0.302. The summed E-state index contributed by atoms with van der Waals surface area (Å²) in [6.07, 6.45) is -1.49. The van der Waals surface area contributed by atoms with Crippen LogP contribution in [0, 0.1) is 0 Å². The van der Waals surface area contributed by atoms with Crippen molar-refractivity contribution in [3.63, 3.8) is 0 Å². The maximum absolute atomic E-state index is 9.82. The summed E-state index contributed by atoms with van der Waals surface area (Å²) < 4.78 is 0. The Morgan fingerprint density at radius 1 is 1.44 bits per heavy atom. The molecule has 2 N–H and O–H groups in total. The van der Waals surface area contributed by atoms with Crippen LogP contribution in [-0.4, -0.2) is 27.4 Å². The molecule has 0 aromatic heterocycles. The van der Waals surface area contributed by atoms with Gasteiger partial charge >= 0.3 is 0 Å². The highest BCUT2D eigenvalue weighted by Gasteiger charge is 2.17. The van der Waals surface area contributed by atoms with Gasteiger partial charge in [0.2, 0.25) is 0 Å². The van der Waals surface area contributed by atoms with E-state index in [-0.39, 0.29) is 0 Å². The minimum Gasteiger partial charge on any atom is -0.390 e. The van der Waals surface area contributed by atoms with Crippen LogP contribution >= 0.6 is 23.8 Å². The smallest absolute Gasteiger partial charge is 0.105 e. The Morgan fingerprint density at radius 3 is 2.81 bits per heavy atom. The second kappa shape index (κ2) is 6.74. The molecule has 0 spiro atoms. The minimum atomic E-state index is -0.959. The lowest BCUT2D eigenvalue weighted by atomic mass is 10.0. The molecule has 0 fully saturated rings. The van der Waals surface area contributed by atoms with Gasteiger partial charge in [0, 0.05) is 5.88 Å². The van der Waals surface area contributed by atoms with Gasteiger partial charge in [0.25, 0.3) is 0 Å². The Labute approximate surface area is 104 Å². The first-order valence-electron chi connectivity index (χ1n) is 4.79. The Bertz CT molecular complexity index is 393. The van der Waals surface area contributed by atoms with Crippen molar-refractivity contribution >= 4 is 34.7 Å². The lowest BCUT2D eigenvalue weighted by Gasteiger charge is -2.17. The highest BCUT2D eigenvalue weighted by molar-refractivity contribution is 7.78. The Balaban J connectivity index is 2.86. The Kier molecular flexibility index (Phi) is 5.60. The molecule has 0 saturated carbocycles. The molecule has 0 heterocycles. The average molecular weight is 258 g/mol. The van der Waals surface area contributed by atoms with Gasteiger partial charge in [-0.15, -0.1) is 11.6 Å². The van der Waals surface area contributed by atoms with Crippen molar-refractivity contribution in [1.82, 2.24) is 0 Å². The van der Waals surface area contributed by atoms with Crippen LogP contribution in [0.3, 0.4) is 0 Å². The SMILES string of the molecule is OC(CCCl)C(O)c1cccc(N=C=S)c1. The molecule has 0 aliphatic rings. The van der Waals surface area contributed by atoms with Gasteiger partial charge in [-0.3, -0.25) is 0 Å². The van der Waals surface area contributed by atoms with Crippen molar-refractivity contribution in [2.75, 3.05) is 5.88 Å². The van der Waals surface area contributed by atoms with E-state index in [1.165, 1.54) is 0 Å². The number of alkyl halides is 1. The van der Waals surface area contributed by atoms with Crippen molar-refractivity contribution in [1.29, 1.82) is 0 Å². The van der Waals surface area contributed by atoms with Crippen LogP contribution in [-0.2, 0) is 0 Å². The van der Waals surface area contributed by atoms with E-state index < -0.39 is 12.2 Å². The number of halogens is 1. The van der Waals surface area contributed by atoms with Gasteiger partial charge in [0.1, 0.15) is 6.10 Å². The van der Waals surface area contributed by atoms with E-state index in [1.54, 1.807) is 24.3 Å². The van der Waals surface area contributed by atoms with Gasteiger partial charge in [-0.05, 0) is 36.3 Å². The molecule has 0 bridgehead atoms. The number of aliphatic hydroxyl groups is 2. The number of isothiocyanates is 1. The van der Waals surface area contributed by atoms with E-state index in [1.807, 2.05) is 0 Å². The largest absolute Gasteiger partial charge is 0.390 e. The van der Waals surface area contributed by atoms with Crippen molar-refractivity contribution in [2.24, 2.45) is 4.99 Å². The molecule has 1 aromatic carbocycles. The van der Waals surface area contributed by atoms with Crippen LogP contribution < -0.4 is 0 Å². The number of benzene rings is 1. The molecular formula is C11H12ClNO2S. The second-order valence-electron chi connectivity index (χ2n) is 3.29. The molecular weight excluding hydrogens is 246 g/mol. The standard InChI is InChI=1S/C11H12ClNO2S/c12-5-4-10(14)11(15)8-2-1-3-9(6-8)13-7-16/h1-3,6,10-11,14-15H,4-5H2. The topological polar surface area (TPSA) is 52.8 Å². The normalized spacial score (nSPS) is 13.9. The number of aliphatic hydroxyl groups excluding tert-OH is 2. The molecule has 2 atom stereocenters. The predicted molar refractivity (Wildman–Crippen MR) is 67.4 cm³/mol. The molecule has 5 heteroatoms. The highest BCUT2D eigenvalue weighted by atomic mass is 35.5. The summed E-state index contributed by atoms with van der Waals surface area (Å²) in [6, 6.07) is 6.84. The van der Waals surface area contributed by atoms with E-state index in [0.29, 0.717) is 23.6 Å². The van der Waals surface area contributed by atoms with Crippen molar-refractivity contribution in [2.45, 2.75) is 18.6 Å². The molecule has 16 heavy (non-hydrogen) atoms. The Morgan fingerprint density at radius 2 is 2.19 bits per heavy atom. The predicted octanol–water partition coefficient (Wildman–Crippen LogP) is 2.44. The van der Waals surface area contributed by atoms with E-state index in [2.05, 4.69) is 22.4 Å². The number of rotatable bonds is 5. The zero-order valence-corrected chi connectivity index (χ0v) is 10.1. The summed E-state index contributed by atoms with van der Waals surface area (Å²) in [5, 5.41) is 21.7. The van der Waals surface area contributed by atoms with Crippen LogP contribution in [0.2, 0.25) is 0 Å². The van der Waals surface area contributed by atoms with Crippen LogP contribution in [0.1, 0.15) is 18.1 Å². The zero-order chi connectivity index (χ0) is 12.0. The molecule has 0 aliphatic carbocycles. The van der Waals surface area contributed by atoms with Gasteiger partial charge in [-0.1, -0.05) is 12.1 Å². The third kappa shape index (κ3) is 3.67. The fourth-order valence-corrected chi connectivity index (χ4v) is 1.65. The van der Waals surface area contributed by atoms with Crippen molar-refractivity contribution in [3.05, 3.63) is 29.8 Å². The van der Waals surface area contributed by atoms with E-state index in [0.717, 1.165) is 0 Å². The summed E-state index contributed by atoms with van der Waals surface area (Å²) in [4.78, 5) is 3.80. The average Bonchev–Trinajstić information content (AvgIpc) is 2.29. The lowest BCUT2D eigenvalue weighted by molar-refractivity contribution is 0.0170. The molecule has 86 valence electrons. The molecule has 0 amide bonds. The van der Waals surface area contributed by atoms with Crippen LogP contribution in [0.5, 0.6) is 0 Å². The number of thiocarbonyl (C=S) groups is 1. The third-order valence-corrected chi connectivity index (χ3v) is 2.47. The van der Waals surface area contributed by atoms with Crippen molar-refractivity contribution < 1.29 is 10.2 Å². The van der Waals surface area contributed by atoms with E-state index in [4.69, 9.17) is 11.6 Å². The van der Waals surface area contributed by atoms with E-state index >= 15 is 0 Å². The van der Waals surface area contributed by atoms with Gasteiger partial charge in [0.15, 0.2) is 0 Å². The summed E-state index contributed by atoms with van der Waals surface area (Å²) in [6.45, 7) is 0.